The van der Waals surface area contributed by atoms with E-state index in [1.807, 2.05) is 6.07 Å². The maximum Gasteiger partial charge on any atom is 0.325 e. The van der Waals surface area contributed by atoms with Gasteiger partial charge >= 0.3 is 18.0 Å². The lowest BCUT2D eigenvalue weighted by Gasteiger charge is -2.26. The summed E-state index contributed by atoms with van der Waals surface area (Å²) in [5.74, 6) is -3.42. The van der Waals surface area contributed by atoms with Crippen molar-refractivity contribution < 1.29 is 33.8 Å². The molecule has 1 aromatic carbocycles. The van der Waals surface area contributed by atoms with Crippen molar-refractivity contribution in [3.8, 4) is 0 Å². The summed E-state index contributed by atoms with van der Waals surface area (Å²) in [7, 11) is 0. The minimum Gasteiger partial charge on any atom is -0.481 e. The van der Waals surface area contributed by atoms with Crippen LogP contribution < -0.4 is 10.2 Å². The van der Waals surface area contributed by atoms with Crippen molar-refractivity contribution in [1.29, 1.82) is 0 Å². The van der Waals surface area contributed by atoms with Crippen molar-refractivity contribution >= 4 is 35.3 Å². The number of carboxylic acids is 1. The van der Waals surface area contributed by atoms with Gasteiger partial charge in [-0.2, -0.15) is 0 Å². The first-order valence-corrected chi connectivity index (χ1v) is 9.02. The number of ketones is 1. The molecule has 0 radical (unpaired) electrons. The lowest BCUT2D eigenvalue weighted by atomic mass is 10.1. The lowest BCUT2D eigenvalue weighted by Crippen LogP contribution is -2.52. The number of esters is 1. The Bertz CT molecular complexity index is 796. The second-order valence-electron chi connectivity index (χ2n) is 6.54. The summed E-state index contributed by atoms with van der Waals surface area (Å²) in [6, 6.07) is 6.33. The number of Topliss-reactive ketones (excluding diaryl/α,β-unsaturated/α-hetero) is 1. The van der Waals surface area contributed by atoms with Crippen molar-refractivity contribution in [2.75, 3.05) is 24.6 Å². The Balaban J connectivity index is 2.03. The molecular formula is C19H23N3O7. The third-order valence-electron chi connectivity index (χ3n) is 4.46. The van der Waals surface area contributed by atoms with E-state index in [9.17, 15) is 24.0 Å². The summed E-state index contributed by atoms with van der Waals surface area (Å²) >= 11 is 0. The van der Waals surface area contributed by atoms with Crippen LogP contribution in [-0.4, -0.2) is 71.4 Å². The quantitative estimate of drug-likeness (QED) is 0.568. The van der Waals surface area contributed by atoms with Gasteiger partial charge in [-0.25, -0.2) is 4.79 Å². The zero-order valence-electron chi connectivity index (χ0n) is 16.2. The summed E-state index contributed by atoms with van der Waals surface area (Å²) in [4.78, 5) is 62.1. The first kappa shape index (κ1) is 21.9. The van der Waals surface area contributed by atoms with Gasteiger partial charge < -0.3 is 20.1 Å². The Morgan fingerprint density at radius 2 is 1.83 bits per heavy atom. The molecule has 2 atom stereocenters. The molecule has 1 aliphatic heterocycles. The van der Waals surface area contributed by atoms with Gasteiger partial charge in [-0.05, 0) is 19.1 Å². The van der Waals surface area contributed by atoms with E-state index < -0.39 is 48.7 Å². The third-order valence-corrected chi connectivity index (χ3v) is 4.46. The molecule has 1 aromatic rings. The van der Waals surface area contributed by atoms with Crippen LogP contribution in [0.4, 0.5) is 10.5 Å². The molecule has 0 aromatic heterocycles. The Hall–Kier alpha value is -3.43. The zero-order valence-corrected chi connectivity index (χ0v) is 16.2. The average molecular weight is 405 g/mol. The Kier molecular flexibility index (Phi) is 7.29. The summed E-state index contributed by atoms with van der Waals surface area (Å²) in [6.45, 7) is 2.65. The number of ether oxygens (including phenoxy) is 1. The minimum absolute atomic E-state index is 0.299. The highest BCUT2D eigenvalue weighted by molar-refractivity contribution is 5.99. The van der Waals surface area contributed by atoms with E-state index in [1.165, 1.54) is 16.7 Å². The average Bonchev–Trinajstić information content (AvgIpc) is 3.06. The number of anilines is 1. The van der Waals surface area contributed by atoms with Gasteiger partial charge in [-0.3, -0.25) is 24.1 Å². The zero-order chi connectivity index (χ0) is 21.6. The molecule has 1 heterocycles. The molecule has 0 aliphatic carbocycles. The maximum atomic E-state index is 12.7. The van der Waals surface area contributed by atoms with Crippen molar-refractivity contribution in [2.24, 2.45) is 0 Å². The predicted octanol–water partition coefficient (Wildman–Crippen LogP) is 0.409. The monoisotopic (exact) mass is 405 g/mol. The van der Waals surface area contributed by atoms with Crippen LogP contribution in [-0.2, 0) is 23.9 Å². The van der Waals surface area contributed by atoms with E-state index >= 15 is 0 Å². The Morgan fingerprint density at radius 3 is 2.41 bits per heavy atom. The standard InChI is InChI=1S/C19H23N3O7/c1-12(21-8-9-22(19(21)28)14-6-4-3-5-7-14)18(27)20-15(10-17(25)26)16(24)11-29-13(2)23/h3-7,12,15H,8-11H2,1-2H3,(H,20,27)(H,25,26). The molecule has 156 valence electrons. The molecule has 3 amide bonds. The van der Waals surface area contributed by atoms with E-state index in [-0.39, 0.29) is 6.03 Å². The number of benzene rings is 1. The highest BCUT2D eigenvalue weighted by atomic mass is 16.5. The van der Waals surface area contributed by atoms with Crippen LogP contribution in [0.5, 0.6) is 0 Å². The smallest absolute Gasteiger partial charge is 0.325 e. The molecular weight excluding hydrogens is 382 g/mol. The van der Waals surface area contributed by atoms with E-state index in [4.69, 9.17) is 5.11 Å². The van der Waals surface area contributed by atoms with E-state index in [1.54, 1.807) is 24.3 Å². The summed E-state index contributed by atoms with van der Waals surface area (Å²) < 4.78 is 4.58. The second-order valence-corrected chi connectivity index (χ2v) is 6.54. The number of hydrogen-bond donors (Lipinski definition) is 2. The van der Waals surface area contributed by atoms with Crippen LogP contribution in [0, 0.1) is 0 Å². The maximum absolute atomic E-state index is 12.7. The van der Waals surface area contributed by atoms with E-state index in [0.717, 1.165) is 6.92 Å². The van der Waals surface area contributed by atoms with Gasteiger partial charge in [0, 0.05) is 25.7 Å². The molecule has 2 N–H and O–H groups in total. The SMILES string of the molecule is CC(=O)OCC(=O)C(CC(=O)O)NC(=O)C(C)N1CCN(c2ccccc2)C1=O. The van der Waals surface area contributed by atoms with Gasteiger partial charge in [-0.15, -0.1) is 0 Å². The van der Waals surface area contributed by atoms with Crippen molar-refractivity contribution in [3.63, 3.8) is 0 Å². The molecule has 10 heteroatoms. The van der Waals surface area contributed by atoms with Gasteiger partial charge in [0.05, 0.1) is 6.42 Å². The summed E-state index contributed by atoms with van der Waals surface area (Å²) in [5, 5.41) is 11.3. The van der Waals surface area contributed by atoms with Gasteiger partial charge in [-0.1, -0.05) is 18.2 Å². The van der Waals surface area contributed by atoms with Crippen LogP contribution in [0.2, 0.25) is 0 Å². The lowest BCUT2D eigenvalue weighted by molar-refractivity contribution is -0.147. The number of carboxylic acid groups (broad SMARTS) is 1. The molecule has 1 saturated heterocycles. The predicted molar refractivity (Wildman–Crippen MR) is 101 cm³/mol. The van der Waals surface area contributed by atoms with E-state index in [0.29, 0.717) is 18.8 Å². The van der Waals surface area contributed by atoms with Crippen LogP contribution in [0.3, 0.4) is 0 Å². The highest BCUT2D eigenvalue weighted by Crippen LogP contribution is 2.21. The number of nitrogens with zero attached hydrogens (tertiary/aromatic N) is 2. The van der Waals surface area contributed by atoms with E-state index in [2.05, 4.69) is 10.1 Å². The molecule has 2 rings (SSSR count). The molecule has 10 nitrogen and oxygen atoms in total. The van der Waals surface area contributed by atoms with Crippen LogP contribution in [0.25, 0.3) is 0 Å². The first-order valence-electron chi connectivity index (χ1n) is 9.02. The number of hydrogen-bond acceptors (Lipinski definition) is 6. The highest BCUT2D eigenvalue weighted by Gasteiger charge is 2.36. The number of para-hydroxylation sites is 1. The molecule has 0 spiro atoms. The van der Waals surface area contributed by atoms with Gasteiger partial charge in [0.2, 0.25) is 5.91 Å². The molecule has 0 saturated carbocycles. The van der Waals surface area contributed by atoms with Gasteiger partial charge in [0.1, 0.15) is 12.1 Å². The fourth-order valence-corrected chi connectivity index (χ4v) is 2.89. The third kappa shape index (κ3) is 5.77. The van der Waals surface area contributed by atoms with Crippen molar-refractivity contribution in [2.45, 2.75) is 32.4 Å². The fraction of sp³-hybridized carbons (Fsp3) is 0.421. The number of nitrogens with one attached hydrogen (secondary N) is 1. The van der Waals surface area contributed by atoms with Crippen molar-refractivity contribution in [3.05, 3.63) is 30.3 Å². The fourth-order valence-electron chi connectivity index (χ4n) is 2.89. The normalized spacial score (nSPS) is 15.6. The largest absolute Gasteiger partial charge is 0.481 e. The first-order chi connectivity index (χ1) is 13.7. The van der Waals surface area contributed by atoms with Gasteiger partial charge in [0.15, 0.2) is 12.4 Å². The number of amides is 3. The minimum atomic E-state index is -1.37. The molecule has 29 heavy (non-hydrogen) atoms. The molecule has 2 unspecified atom stereocenters. The number of rotatable bonds is 9. The van der Waals surface area contributed by atoms with Crippen LogP contribution >= 0.6 is 0 Å². The van der Waals surface area contributed by atoms with Crippen LogP contribution in [0.1, 0.15) is 20.3 Å². The topological polar surface area (TPSA) is 133 Å². The molecule has 1 fully saturated rings. The Morgan fingerprint density at radius 1 is 1.17 bits per heavy atom. The number of carbonyl (C=O) groups excluding carboxylic acids is 4. The number of carbonyl (C=O) groups is 5. The van der Waals surface area contributed by atoms with Crippen molar-refractivity contribution in [1.82, 2.24) is 10.2 Å². The molecule has 0 bridgehead atoms. The second kappa shape index (κ2) is 9.67. The molecule has 1 aliphatic rings. The Labute approximate surface area is 167 Å². The number of aliphatic carboxylic acids is 1. The summed E-state index contributed by atoms with van der Waals surface area (Å²) in [5.41, 5.74) is 0.702. The summed E-state index contributed by atoms with van der Waals surface area (Å²) in [6.07, 6.45) is -0.664. The van der Waals surface area contributed by atoms with Crippen LogP contribution in [0.15, 0.2) is 30.3 Å². The van der Waals surface area contributed by atoms with Gasteiger partial charge in [0.25, 0.3) is 0 Å². The number of urea groups is 1.